The fraction of sp³-hybridized carbons (Fsp3) is 0.235. The van der Waals surface area contributed by atoms with E-state index in [0.29, 0.717) is 16.4 Å². The molecule has 0 aliphatic carbocycles. The van der Waals surface area contributed by atoms with Gasteiger partial charge in [-0.1, -0.05) is 18.5 Å². The van der Waals surface area contributed by atoms with Crippen LogP contribution in [0.15, 0.2) is 47.4 Å². The molecule has 1 aliphatic rings. The van der Waals surface area contributed by atoms with Crippen molar-refractivity contribution in [3.8, 4) is 0 Å². The first-order chi connectivity index (χ1) is 13.7. The first kappa shape index (κ1) is 22.4. The molecule has 1 amide bonds. The van der Waals surface area contributed by atoms with Crippen LogP contribution in [0.4, 0.5) is 24.5 Å². The first-order valence-electron chi connectivity index (χ1n) is 8.29. The molecule has 30 heavy (non-hydrogen) atoms. The Morgan fingerprint density at radius 2 is 1.73 bits per heavy atom. The van der Waals surface area contributed by atoms with Crippen molar-refractivity contribution in [2.24, 2.45) is 5.92 Å². The van der Waals surface area contributed by atoms with Gasteiger partial charge in [-0.15, -0.1) is 0 Å². The zero-order chi connectivity index (χ0) is 22.5. The van der Waals surface area contributed by atoms with Gasteiger partial charge < -0.3 is 0 Å². The molecule has 0 spiro atoms. The quantitative estimate of drug-likeness (QED) is 0.719. The summed E-state index contributed by atoms with van der Waals surface area (Å²) in [6.45, 7) is 1.46. The second-order valence-corrected chi connectivity index (χ2v) is 10.5. The number of carbonyl (C=O) groups excluding carboxylic acids is 1. The molecule has 1 aliphatic heterocycles. The molecular formula is C17H14ClF3N2O5S2. The van der Waals surface area contributed by atoms with Crippen molar-refractivity contribution in [2.75, 3.05) is 14.8 Å². The Kier molecular flexibility index (Phi) is 5.54. The van der Waals surface area contributed by atoms with Crippen molar-refractivity contribution in [1.29, 1.82) is 0 Å². The molecule has 3 rings (SSSR count). The van der Waals surface area contributed by atoms with Gasteiger partial charge in [-0.3, -0.25) is 9.52 Å². The number of alkyl halides is 3. The summed E-state index contributed by atoms with van der Waals surface area (Å²) in [6.07, 6.45) is -4.70. The third kappa shape index (κ3) is 4.25. The lowest BCUT2D eigenvalue weighted by atomic mass is 10.2. The van der Waals surface area contributed by atoms with Gasteiger partial charge in [-0.2, -0.15) is 13.2 Å². The highest BCUT2D eigenvalue weighted by atomic mass is 35.5. The summed E-state index contributed by atoms with van der Waals surface area (Å²) in [4.78, 5) is 11.7. The summed E-state index contributed by atoms with van der Waals surface area (Å²) in [5.74, 6) is -1.73. The first-order valence-corrected chi connectivity index (χ1v) is 11.8. The molecule has 0 bridgehead atoms. The fourth-order valence-corrected chi connectivity index (χ4v) is 5.94. The number of sulfonamides is 2. The molecule has 1 N–H and O–H groups in total. The number of benzene rings is 2. The van der Waals surface area contributed by atoms with Crippen LogP contribution in [0.3, 0.4) is 0 Å². The maximum absolute atomic E-state index is 12.9. The highest BCUT2D eigenvalue weighted by Crippen LogP contribution is 2.35. The van der Waals surface area contributed by atoms with Crippen molar-refractivity contribution in [1.82, 2.24) is 0 Å². The van der Waals surface area contributed by atoms with E-state index in [1.165, 1.54) is 6.92 Å². The van der Waals surface area contributed by atoms with Crippen molar-refractivity contribution >= 4 is 48.9 Å². The molecule has 0 saturated carbocycles. The van der Waals surface area contributed by atoms with Gasteiger partial charge in [-0.05, 0) is 42.5 Å². The molecule has 0 radical (unpaired) electrons. The topological polar surface area (TPSA) is 101 Å². The lowest BCUT2D eigenvalue weighted by Gasteiger charge is -2.16. The molecule has 0 aromatic heterocycles. The predicted octanol–water partition coefficient (Wildman–Crippen LogP) is 3.47. The summed E-state index contributed by atoms with van der Waals surface area (Å²) >= 11 is 5.81. The number of hydrogen-bond acceptors (Lipinski definition) is 5. The summed E-state index contributed by atoms with van der Waals surface area (Å²) < 4.78 is 90.5. The standard InChI is InChI=1S/C17H14ClF3N2O5S2/c1-10-9-29(25,26)23(16(10)24)12-3-5-13(6-4-12)30(27,28)22-15-8-11(17(19,20)21)2-7-14(15)18/h2-8,10,22H,9H2,1H3/t10-/m0/s1. The number of halogens is 4. The number of amides is 1. The molecule has 162 valence electrons. The third-order valence-electron chi connectivity index (χ3n) is 4.28. The molecule has 2 aromatic rings. The Hall–Kier alpha value is -2.31. The van der Waals surface area contributed by atoms with E-state index in [1.807, 2.05) is 4.72 Å². The maximum Gasteiger partial charge on any atom is 0.416 e. The normalized spacial score (nSPS) is 19.2. The molecule has 1 saturated heterocycles. The van der Waals surface area contributed by atoms with E-state index in [1.54, 1.807) is 0 Å². The number of carbonyl (C=O) groups is 1. The average Bonchev–Trinajstić information content (AvgIpc) is 2.83. The largest absolute Gasteiger partial charge is 0.416 e. The Morgan fingerprint density at radius 3 is 2.23 bits per heavy atom. The van der Waals surface area contributed by atoms with Crippen LogP contribution in [-0.2, 0) is 31.0 Å². The maximum atomic E-state index is 12.9. The van der Waals surface area contributed by atoms with Crippen LogP contribution in [0.25, 0.3) is 0 Å². The van der Waals surface area contributed by atoms with Crippen LogP contribution in [0.1, 0.15) is 12.5 Å². The van der Waals surface area contributed by atoms with Crippen LogP contribution >= 0.6 is 11.6 Å². The van der Waals surface area contributed by atoms with E-state index < -0.39 is 49.3 Å². The van der Waals surface area contributed by atoms with Gasteiger partial charge >= 0.3 is 6.18 Å². The molecule has 1 atom stereocenters. The van der Waals surface area contributed by atoms with E-state index in [0.717, 1.165) is 30.3 Å². The lowest BCUT2D eigenvalue weighted by Crippen LogP contribution is -2.30. The average molecular weight is 483 g/mol. The van der Waals surface area contributed by atoms with Gasteiger partial charge in [0.25, 0.3) is 10.0 Å². The van der Waals surface area contributed by atoms with E-state index in [9.17, 15) is 34.8 Å². The highest BCUT2D eigenvalue weighted by molar-refractivity contribution is 7.94. The van der Waals surface area contributed by atoms with Crippen LogP contribution in [0, 0.1) is 5.92 Å². The molecule has 0 unspecified atom stereocenters. The van der Waals surface area contributed by atoms with Crippen molar-refractivity contribution in [2.45, 2.75) is 18.0 Å². The Bertz CT molecular complexity index is 1210. The SMILES string of the molecule is C[C@H]1CS(=O)(=O)N(c2ccc(S(=O)(=O)Nc3cc(C(F)(F)F)ccc3Cl)cc2)C1=O. The molecule has 1 heterocycles. The minimum Gasteiger partial charge on any atom is -0.278 e. The lowest BCUT2D eigenvalue weighted by molar-refractivity contribution is -0.137. The van der Waals surface area contributed by atoms with E-state index in [-0.39, 0.29) is 21.4 Å². The monoisotopic (exact) mass is 482 g/mol. The van der Waals surface area contributed by atoms with Gasteiger partial charge in [0, 0.05) is 0 Å². The van der Waals surface area contributed by atoms with E-state index in [4.69, 9.17) is 11.6 Å². The van der Waals surface area contributed by atoms with Gasteiger partial charge in [0.05, 0.1) is 38.5 Å². The second-order valence-electron chi connectivity index (χ2n) is 6.57. The number of hydrogen-bond donors (Lipinski definition) is 1. The van der Waals surface area contributed by atoms with E-state index >= 15 is 0 Å². The molecule has 13 heteroatoms. The van der Waals surface area contributed by atoms with Crippen molar-refractivity contribution in [3.63, 3.8) is 0 Å². The second kappa shape index (κ2) is 7.43. The van der Waals surface area contributed by atoms with Crippen LogP contribution in [0.2, 0.25) is 5.02 Å². The van der Waals surface area contributed by atoms with Gasteiger partial charge in [0.1, 0.15) is 0 Å². The highest BCUT2D eigenvalue weighted by Gasteiger charge is 2.42. The zero-order valence-electron chi connectivity index (χ0n) is 15.1. The fourth-order valence-electron chi connectivity index (χ4n) is 2.83. The minimum atomic E-state index is -4.70. The van der Waals surface area contributed by atoms with Crippen molar-refractivity contribution < 1.29 is 34.8 Å². The number of rotatable bonds is 4. The molecule has 2 aromatic carbocycles. The summed E-state index contributed by atoms with van der Waals surface area (Å²) in [5, 5.41) is -0.245. The molecular weight excluding hydrogens is 469 g/mol. The Balaban J connectivity index is 1.91. The molecule has 1 fully saturated rings. The van der Waals surface area contributed by atoms with Gasteiger partial charge in [-0.25, -0.2) is 21.1 Å². The Labute approximate surface area is 175 Å². The predicted molar refractivity (Wildman–Crippen MR) is 104 cm³/mol. The molecule has 7 nitrogen and oxygen atoms in total. The minimum absolute atomic E-state index is 0.0413. The Morgan fingerprint density at radius 1 is 1.13 bits per heavy atom. The zero-order valence-corrected chi connectivity index (χ0v) is 17.5. The van der Waals surface area contributed by atoms with E-state index in [2.05, 4.69) is 0 Å². The van der Waals surface area contributed by atoms with Crippen molar-refractivity contribution in [3.05, 3.63) is 53.1 Å². The van der Waals surface area contributed by atoms with Gasteiger partial charge in [0.2, 0.25) is 15.9 Å². The van der Waals surface area contributed by atoms with Gasteiger partial charge in [0.15, 0.2) is 0 Å². The number of nitrogens with one attached hydrogen (secondary N) is 1. The summed E-state index contributed by atoms with van der Waals surface area (Å²) in [6, 6.07) is 6.49. The third-order valence-corrected chi connectivity index (χ3v) is 7.86. The number of anilines is 2. The smallest absolute Gasteiger partial charge is 0.278 e. The number of nitrogens with zero attached hydrogens (tertiary/aromatic N) is 1. The summed E-state index contributed by atoms with van der Waals surface area (Å²) in [7, 11) is -8.21. The van der Waals surface area contributed by atoms with Crippen LogP contribution in [0.5, 0.6) is 0 Å². The van der Waals surface area contributed by atoms with Crippen LogP contribution < -0.4 is 9.03 Å². The summed E-state index contributed by atoms with van der Waals surface area (Å²) in [5.41, 5.74) is -1.60. The van der Waals surface area contributed by atoms with Crippen LogP contribution in [-0.4, -0.2) is 28.5 Å².